The summed E-state index contributed by atoms with van der Waals surface area (Å²) in [6, 6.07) is 10.1. The lowest BCUT2D eigenvalue weighted by Gasteiger charge is -2.15. The molecule has 35 heavy (non-hydrogen) atoms. The standard InChI is InChI=1S/C24H29FN4O5S/c1-15(2)13-35(30,31)14-16-6-8-17(9-7-16)27-23-19(25)12-26-24(29-23)28-18-10-20(32-3)22(34-5)21(11-18)33-4/h6-12,15H,13-14H2,1-5H3,(H2,26,27,28,29). The minimum Gasteiger partial charge on any atom is -0.493 e. The topological polar surface area (TPSA) is 112 Å². The van der Waals surface area contributed by atoms with Crippen LogP contribution in [0.15, 0.2) is 42.6 Å². The summed E-state index contributed by atoms with van der Waals surface area (Å²) in [7, 11) is 1.31. The zero-order valence-corrected chi connectivity index (χ0v) is 21.1. The second-order valence-electron chi connectivity index (χ2n) is 8.20. The molecule has 9 nitrogen and oxygen atoms in total. The van der Waals surface area contributed by atoms with Crippen LogP contribution in [0.2, 0.25) is 0 Å². The molecule has 0 radical (unpaired) electrons. The molecule has 0 bridgehead atoms. The fourth-order valence-electron chi connectivity index (χ4n) is 3.44. The highest BCUT2D eigenvalue weighted by Crippen LogP contribution is 2.40. The first-order valence-electron chi connectivity index (χ1n) is 10.8. The first kappa shape index (κ1) is 26.0. The lowest BCUT2D eigenvalue weighted by molar-refractivity contribution is 0.324. The molecule has 1 heterocycles. The Morgan fingerprint density at radius 3 is 2.11 bits per heavy atom. The highest BCUT2D eigenvalue weighted by atomic mass is 32.2. The lowest BCUT2D eigenvalue weighted by atomic mass is 10.2. The first-order chi connectivity index (χ1) is 16.6. The Labute approximate surface area is 204 Å². The van der Waals surface area contributed by atoms with Gasteiger partial charge in [0.05, 0.1) is 39.0 Å². The summed E-state index contributed by atoms with van der Waals surface area (Å²) in [6.45, 7) is 3.73. The molecule has 188 valence electrons. The molecule has 3 rings (SSSR count). The zero-order chi connectivity index (χ0) is 25.6. The van der Waals surface area contributed by atoms with Crippen LogP contribution in [0, 0.1) is 11.7 Å². The number of halogens is 1. The number of nitrogens with zero attached hydrogens (tertiary/aromatic N) is 2. The summed E-state index contributed by atoms with van der Waals surface area (Å²) in [4.78, 5) is 8.20. The van der Waals surface area contributed by atoms with E-state index in [0.29, 0.717) is 34.2 Å². The van der Waals surface area contributed by atoms with E-state index in [1.165, 1.54) is 21.3 Å². The van der Waals surface area contributed by atoms with Crippen LogP contribution in [0.1, 0.15) is 19.4 Å². The summed E-state index contributed by atoms with van der Waals surface area (Å²) in [5.41, 5.74) is 1.75. The number of rotatable bonds is 11. The van der Waals surface area contributed by atoms with Crippen molar-refractivity contribution in [1.29, 1.82) is 0 Å². The van der Waals surface area contributed by atoms with Crippen molar-refractivity contribution in [3.63, 3.8) is 0 Å². The number of sulfone groups is 1. The number of nitrogens with one attached hydrogen (secondary N) is 2. The first-order valence-corrected chi connectivity index (χ1v) is 12.6. The highest BCUT2D eigenvalue weighted by molar-refractivity contribution is 7.90. The third-order valence-electron chi connectivity index (χ3n) is 4.86. The van der Waals surface area contributed by atoms with E-state index in [1.807, 2.05) is 13.8 Å². The molecule has 11 heteroatoms. The normalized spacial score (nSPS) is 11.3. The van der Waals surface area contributed by atoms with Gasteiger partial charge >= 0.3 is 0 Å². The molecule has 0 unspecified atom stereocenters. The van der Waals surface area contributed by atoms with E-state index in [4.69, 9.17) is 14.2 Å². The van der Waals surface area contributed by atoms with Crippen molar-refractivity contribution in [2.45, 2.75) is 19.6 Å². The van der Waals surface area contributed by atoms with Crippen LogP contribution >= 0.6 is 0 Å². The van der Waals surface area contributed by atoms with Crippen LogP contribution in [0.5, 0.6) is 17.2 Å². The Balaban J connectivity index is 1.77. The number of hydrogen-bond donors (Lipinski definition) is 2. The predicted octanol–water partition coefficient (Wildman–Crippen LogP) is 4.70. The maximum Gasteiger partial charge on any atom is 0.229 e. The van der Waals surface area contributed by atoms with Gasteiger partial charge in [-0.1, -0.05) is 26.0 Å². The van der Waals surface area contributed by atoms with Crippen molar-refractivity contribution in [1.82, 2.24) is 9.97 Å². The molecule has 0 spiro atoms. The van der Waals surface area contributed by atoms with E-state index >= 15 is 0 Å². The van der Waals surface area contributed by atoms with Crippen molar-refractivity contribution in [2.24, 2.45) is 5.92 Å². The molecule has 0 saturated heterocycles. The van der Waals surface area contributed by atoms with Crippen LogP contribution in [0.4, 0.5) is 27.5 Å². The summed E-state index contributed by atoms with van der Waals surface area (Å²) in [6.07, 6.45) is 1.04. The number of hydrogen-bond acceptors (Lipinski definition) is 9. The predicted molar refractivity (Wildman–Crippen MR) is 133 cm³/mol. The van der Waals surface area contributed by atoms with Gasteiger partial charge in [0.2, 0.25) is 11.7 Å². The molecule has 0 fully saturated rings. The molecule has 0 aliphatic heterocycles. The van der Waals surface area contributed by atoms with Crippen molar-refractivity contribution in [3.05, 3.63) is 54.0 Å². The van der Waals surface area contributed by atoms with Gasteiger partial charge in [0.1, 0.15) is 0 Å². The van der Waals surface area contributed by atoms with E-state index in [1.54, 1.807) is 36.4 Å². The second kappa shape index (κ2) is 11.2. The van der Waals surface area contributed by atoms with Crippen LogP contribution in [0.25, 0.3) is 0 Å². The Kier molecular flexibility index (Phi) is 8.34. The van der Waals surface area contributed by atoms with E-state index in [-0.39, 0.29) is 29.2 Å². The van der Waals surface area contributed by atoms with E-state index in [0.717, 1.165) is 6.20 Å². The molecule has 2 N–H and O–H groups in total. The maximum absolute atomic E-state index is 14.4. The van der Waals surface area contributed by atoms with Crippen molar-refractivity contribution >= 4 is 33.0 Å². The van der Waals surface area contributed by atoms with Crippen molar-refractivity contribution in [2.75, 3.05) is 37.7 Å². The fraction of sp³-hybridized carbons (Fsp3) is 0.333. The number of benzene rings is 2. The Morgan fingerprint density at radius 1 is 0.943 bits per heavy atom. The number of methoxy groups -OCH3 is 3. The Morgan fingerprint density at radius 2 is 1.57 bits per heavy atom. The molecule has 2 aromatic carbocycles. The second-order valence-corrected chi connectivity index (χ2v) is 10.3. The summed E-state index contributed by atoms with van der Waals surface area (Å²) in [5.74, 6) is 0.888. The van der Waals surface area contributed by atoms with Gasteiger partial charge in [-0.05, 0) is 23.6 Å². The van der Waals surface area contributed by atoms with Gasteiger partial charge < -0.3 is 24.8 Å². The maximum atomic E-state index is 14.4. The lowest BCUT2D eigenvalue weighted by Crippen LogP contribution is -2.13. The van der Waals surface area contributed by atoms with Crippen molar-refractivity contribution < 1.29 is 27.0 Å². The Bertz CT molecular complexity index is 1240. The summed E-state index contributed by atoms with van der Waals surface area (Å²) < 4.78 is 54.8. The van der Waals surface area contributed by atoms with Crippen LogP contribution in [0.3, 0.4) is 0 Å². The monoisotopic (exact) mass is 504 g/mol. The molecule has 0 aliphatic carbocycles. The van der Waals surface area contributed by atoms with E-state index in [9.17, 15) is 12.8 Å². The number of anilines is 4. The van der Waals surface area contributed by atoms with Gasteiger partial charge in [-0.25, -0.2) is 17.8 Å². The Hall–Kier alpha value is -3.60. The molecular weight excluding hydrogens is 475 g/mol. The molecule has 0 atom stereocenters. The smallest absolute Gasteiger partial charge is 0.229 e. The zero-order valence-electron chi connectivity index (χ0n) is 20.3. The average molecular weight is 505 g/mol. The quantitative estimate of drug-likeness (QED) is 0.384. The molecule has 0 saturated carbocycles. The SMILES string of the molecule is COc1cc(Nc2ncc(F)c(Nc3ccc(CS(=O)(=O)CC(C)C)cc3)n2)cc(OC)c1OC. The average Bonchev–Trinajstić information content (AvgIpc) is 2.80. The molecular formula is C24H29FN4O5S. The summed E-state index contributed by atoms with van der Waals surface area (Å²) >= 11 is 0. The van der Waals surface area contributed by atoms with Gasteiger partial charge in [0, 0.05) is 23.5 Å². The molecule has 1 aromatic heterocycles. The minimum absolute atomic E-state index is 0.0455. The van der Waals surface area contributed by atoms with E-state index < -0.39 is 15.7 Å². The number of ether oxygens (including phenoxy) is 3. The van der Waals surface area contributed by atoms with Gasteiger partial charge in [-0.2, -0.15) is 4.98 Å². The molecule has 0 amide bonds. The van der Waals surface area contributed by atoms with Crippen LogP contribution in [-0.2, 0) is 15.6 Å². The summed E-state index contributed by atoms with van der Waals surface area (Å²) in [5, 5.41) is 5.90. The number of aromatic nitrogens is 2. The molecule has 0 aliphatic rings. The largest absolute Gasteiger partial charge is 0.493 e. The van der Waals surface area contributed by atoms with Crippen LogP contribution in [-0.4, -0.2) is 45.5 Å². The van der Waals surface area contributed by atoms with Gasteiger partial charge in [-0.15, -0.1) is 0 Å². The van der Waals surface area contributed by atoms with Crippen molar-refractivity contribution in [3.8, 4) is 17.2 Å². The fourth-order valence-corrected chi connectivity index (χ4v) is 5.27. The minimum atomic E-state index is -3.20. The molecule has 3 aromatic rings. The van der Waals surface area contributed by atoms with Crippen LogP contribution < -0.4 is 24.8 Å². The van der Waals surface area contributed by atoms with Gasteiger partial charge in [0.15, 0.2) is 33.0 Å². The third kappa shape index (κ3) is 6.95. The third-order valence-corrected chi connectivity index (χ3v) is 6.80. The van der Waals surface area contributed by atoms with Gasteiger partial charge in [-0.3, -0.25) is 0 Å². The van der Waals surface area contributed by atoms with Gasteiger partial charge in [0.25, 0.3) is 0 Å². The van der Waals surface area contributed by atoms with E-state index in [2.05, 4.69) is 20.6 Å². The highest BCUT2D eigenvalue weighted by Gasteiger charge is 2.16.